The monoisotopic (exact) mass is 276 g/mol. The van der Waals surface area contributed by atoms with Crippen molar-refractivity contribution in [2.24, 2.45) is 0 Å². The minimum absolute atomic E-state index is 0.401. The molecule has 1 saturated carbocycles. The molecule has 0 atom stereocenters. The van der Waals surface area contributed by atoms with E-state index in [4.69, 9.17) is 28.9 Å². The van der Waals surface area contributed by atoms with Gasteiger partial charge in [-0.3, -0.25) is 0 Å². The van der Waals surface area contributed by atoms with Crippen molar-refractivity contribution in [3.05, 3.63) is 22.2 Å². The van der Waals surface area contributed by atoms with Gasteiger partial charge >= 0.3 is 0 Å². The number of hydrogen-bond acceptors (Lipinski definition) is 3. The van der Waals surface area contributed by atoms with Gasteiger partial charge in [-0.2, -0.15) is 11.8 Å². The molecule has 88 valence electrons. The molecule has 0 aromatic heterocycles. The van der Waals surface area contributed by atoms with Gasteiger partial charge in [0.15, 0.2) is 0 Å². The summed E-state index contributed by atoms with van der Waals surface area (Å²) in [5.41, 5.74) is 7.38. The predicted octanol–water partition coefficient (Wildman–Crippen LogP) is 3.88. The highest BCUT2D eigenvalue weighted by Crippen LogP contribution is 2.47. The number of halogens is 2. The molecule has 16 heavy (non-hydrogen) atoms. The number of nitrogen functional groups attached to an aromatic ring is 1. The van der Waals surface area contributed by atoms with Crippen molar-refractivity contribution in [3.63, 3.8) is 0 Å². The Kier molecular flexibility index (Phi) is 3.48. The lowest BCUT2D eigenvalue weighted by Crippen LogP contribution is -2.18. The fourth-order valence-electron chi connectivity index (χ4n) is 1.56. The first-order valence-corrected chi connectivity index (χ1v) is 7.08. The van der Waals surface area contributed by atoms with E-state index in [9.17, 15) is 0 Å². The van der Waals surface area contributed by atoms with Crippen LogP contribution in [0.15, 0.2) is 12.1 Å². The van der Waals surface area contributed by atoms with E-state index in [2.05, 4.69) is 11.6 Å². The molecule has 0 amide bonds. The van der Waals surface area contributed by atoms with E-state index in [1.54, 1.807) is 12.1 Å². The lowest BCUT2D eigenvalue weighted by Gasteiger charge is -2.16. The Labute approximate surface area is 110 Å². The molecule has 5 heteroatoms. The van der Waals surface area contributed by atoms with E-state index < -0.39 is 0 Å². The Morgan fingerprint density at radius 1 is 1.38 bits per heavy atom. The molecule has 2 nitrogen and oxygen atoms in total. The largest absolute Gasteiger partial charge is 0.397 e. The third-order valence-corrected chi connectivity index (χ3v) is 5.07. The molecule has 0 unspecified atom stereocenters. The van der Waals surface area contributed by atoms with Crippen LogP contribution in [0.3, 0.4) is 0 Å². The molecule has 3 N–H and O–H groups in total. The van der Waals surface area contributed by atoms with Crippen molar-refractivity contribution in [2.45, 2.75) is 17.6 Å². The van der Waals surface area contributed by atoms with Crippen LogP contribution in [0.25, 0.3) is 0 Å². The van der Waals surface area contributed by atoms with Crippen molar-refractivity contribution in [3.8, 4) is 0 Å². The SMILES string of the molecule is CSC1(CNc2cc(Cl)c(Cl)cc2N)CC1. The molecule has 1 aliphatic rings. The molecule has 0 heterocycles. The van der Waals surface area contributed by atoms with Gasteiger partial charge in [-0.05, 0) is 31.2 Å². The number of anilines is 2. The molecule has 1 fully saturated rings. The summed E-state index contributed by atoms with van der Waals surface area (Å²) >= 11 is 13.7. The average Bonchev–Trinajstić information content (AvgIpc) is 3.02. The summed E-state index contributed by atoms with van der Waals surface area (Å²) < 4.78 is 0.401. The van der Waals surface area contributed by atoms with Gasteiger partial charge in [0, 0.05) is 11.3 Å². The van der Waals surface area contributed by atoms with Gasteiger partial charge in [0.05, 0.1) is 21.4 Å². The van der Waals surface area contributed by atoms with Crippen molar-refractivity contribution >= 4 is 46.3 Å². The fourth-order valence-corrected chi connectivity index (χ4v) is 2.63. The zero-order chi connectivity index (χ0) is 11.8. The summed E-state index contributed by atoms with van der Waals surface area (Å²) in [6.45, 7) is 0.927. The molecule has 0 radical (unpaired) electrons. The third kappa shape index (κ3) is 2.53. The smallest absolute Gasteiger partial charge is 0.0614 e. The summed E-state index contributed by atoms with van der Waals surface area (Å²) in [6.07, 6.45) is 4.68. The van der Waals surface area contributed by atoms with Crippen LogP contribution in [-0.2, 0) is 0 Å². The molecule has 0 bridgehead atoms. The van der Waals surface area contributed by atoms with E-state index in [-0.39, 0.29) is 0 Å². The lowest BCUT2D eigenvalue weighted by atomic mass is 10.2. The second-order valence-corrected chi connectivity index (χ2v) is 6.18. The second kappa shape index (κ2) is 4.55. The standard InChI is InChI=1S/C11H14Cl2N2S/c1-16-11(2-3-11)6-15-10-5-8(13)7(12)4-9(10)14/h4-5,15H,2-3,6,14H2,1H3. The first-order valence-electron chi connectivity index (χ1n) is 5.10. The maximum Gasteiger partial charge on any atom is 0.0614 e. The first kappa shape index (κ1) is 12.2. The number of benzene rings is 1. The Morgan fingerprint density at radius 2 is 2.00 bits per heavy atom. The van der Waals surface area contributed by atoms with Crippen molar-refractivity contribution in [1.82, 2.24) is 0 Å². The minimum Gasteiger partial charge on any atom is -0.397 e. The maximum absolute atomic E-state index is 5.95. The highest BCUT2D eigenvalue weighted by atomic mass is 35.5. The zero-order valence-electron chi connectivity index (χ0n) is 9.02. The van der Waals surface area contributed by atoms with Crippen LogP contribution in [0.5, 0.6) is 0 Å². The average molecular weight is 277 g/mol. The molecule has 1 aromatic carbocycles. The topological polar surface area (TPSA) is 38.0 Å². The van der Waals surface area contributed by atoms with E-state index in [0.717, 1.165) is 12.2 Å². The van der Waals surface area contributed by atoms with Gasteiger partial charge in [-0.1, -0.05) is 23.2 Å². The van der Waals surface area contributed by atoms with Gasteiger partial charge in [0.2, 0.25) is 0 Å². The molecule has 1 aliphatic carbocycles. The molecule has 1 aromatic rings. The van der Waals surface area contributed by atoms with Crippen LogP contribution in [0.4, 0.5) is 11.4 Å². The summed E-state index contributed by atoms with van der Waals surface area (Å²) in [6, 6.07) is 3.47. The molecule has 0 spiro atoms. The van der Waals surface area contributed by atoms with Gasteiger partial charge in [-0.15, -0.1) is 0 Å². The minimum atomic E-state index is 0.401. The van der Waals surface area contributed by atoms with Crippen LogP contribution in [-0.4, -0.2) is 17.5 Å². The normalized spacial score (nSPS) is 17.2. The number of thioether (sulfide) groups is 1. The van der Waals surface area contributed by atoms with E-state index >= 15 is 0 Å². The van der Waals surface area contributed by atoms with Gasteiger partial charge in [0.25, 0.3) is 0 Å². The Morgan fingerprint density at radius 3 is 2.56 bits per heavy atom. The zero-order valence-corrected chi connectivity index (χ0v) is 11.3. The van der Waals surface area contributed by atoms with Crippen LogP contribution >= 0.6 is 35.0 Å². The third-order valence-electron chi connectivity index (χ3n) is 2.93. The summed E-state index contributed by atoms with van der Waals surface area (Å²) in [5, 5.41) is 4.38. The Balaban J connectivity index is 2.07. The van der Waals surface area contributed by atoms with Crippen LogP contribution in [0.2, 0.25) is 10.0 Å². The number of rotatable bonds is 4. The maximum atomic E-state index is 5.95. The Hall–Kier alpha value is -0.250. The van der Waals surface area contributed by atoms with Crippen LogP contribution < -0.4 is 11.1 Å². The van der Waals surface area contributed by atoms with Gasteiger partial charge in [-0.25, -0.2) is 0 Å². The Bertz CT molecular complexity index is 405. The molecule has 0 aliphatic heterocycles. The van der Waals surface area contributed by atoms with Crippen molar-refractivity contribution < 1.29 is 0 Å². The first-order chi connectivity index (χ1) is 7.56. The fraction of sp³-hybridized carbons (Fsp3) is 0.455. The second-order valence-electron chi connectivity index (χ2n) is 4.09. The van der Waals surface area contributed by atoms with E-state index in [1.807, 2.05) is 11.8 Å². The number of nitrogens with one attached hydrogen (secondary N) is 1. The molecular weight excluding hydrogens is 263 g/mol. The predicted molar refractivity (Wildman–Crippen MR) is 74.8 cm³/mol. The van der Waals surface area contributed by atoms with Crippen molar-refractivity contribution in [2.75, 3.05) is 23.9 Å². The van der Waals surface area contributed by atoms with Gasteiger partial charge in [0.1, 0.15) is 0 Å². The molecule has 2 rings (SSSR count). The summed E-state index contributed by atoms with van der Waals surface area (Å²) in [5.74, 6) is 0. The van der Waals surface area contributed by atoms with Gasteiger partial charge < -0.3 is 11.1 Å². The van der Waals surface area contributed by atoms with Crippen molar-refractivity contribution in [1.29, 1.82) is 0 Å². The lowest BCUT2D eigenvalue weighted by molar-refractivity contribution is 0.950. The van der Waals surface area contributed by atoms with E-state index in [0.29, 0.717) is 20.5 Å². The highest BCUT2D eigenvalue weighted by molar-refractivity contribution is 8.00. The summed E-state index contributed by atoms with van der Waals surface area (Å²) in [7, 11) is 0. The van der Waals surface area contributed by atoms with Crippen LogP contribution in [0, 0.1) is 0 Å². The van der Waals surface area contributed by atoms with E-state index in [1.165, 1.54) is 12.8 Å². The molecule has 0 saturated heterocycles. The number of hydrogen-bond donors (Lipinski definition) is 2. The highest BCUT2D eigenvalue weighted by Gasteiger charge is 2.41. The number of nitrogens with two attached hydrogens (primary N) is 1. The molecular formula is C11H14Cl2N2S. The quantitative estimate of drug-likeness (QED) is 0.820. The summed E-state index contributed by atoms with van der Waals surface area (Å²) in [4.78, 5) is 0. The van der Waals surface area contributed by atoms with Crippen LogP contribution in [0.1, 0.15) is 12.8 Å².